The highest BCUT2D eigenvalue weighted by Crippen LogP contribution is 2.23. The van der Waals surface area contributed by atoms with Crippen LogP contribution in [0.15, 0.2) is 29.2 Å². The quantitative estimate of drug-likeness (QED) is 0.833. The minimum Gasteiger partial charge on any atom is -0.395 e. The van der Waals surface area contributed by atoms with Gasteiger partial charge >= 0.3 is 0 Å². The Bertz CT molecular complexity index is 595. The van der Waals surface area contributed by atoms with Crippen molar-refractivity contribution in [3.05, 3.63) is 29.8 Å². The number of amides is 1. The Morgan fingerprint density at radius 1 is 1.19 bits per heavy atom. The van der Waals surface area contributed by atoms with Gasteiger partial charge in [-0.05, 0) is 25.0 Å². The van der Waals surface area contributed by atoms with Gasteiger partial charge in [-0.25, -0.2) is 8.42 Å². The number of aliphatic hydroxyl groups excluding tert-OH is 1. The molecule has 0 unspecified atom stereocenters. The van der Waals surface area contributed by atoms with Crippen LogP contribution in [0.1, 0.15) is 29.6 Å². The van der Waals surface area contributed by atoms with Gasteiger partial charge in [-0.2, -0.15) is 4.31 Å². The van der Waals surface area contributed by atoms with Crippen LogP contribution in [0.4, 0.5) is 0 Å². The lowest BCUT2D eigenvalue weighted by Gasteiger charge is -2.26. The van der Waals surface area contributed by atoms with Crippen LogP contribution in [-0.2, 0) is 10.0 Å². The second-order valence-electron chi connectivity index (χ2n) is 4.94. The van der Waals surface area contributed by atoms with E-state index in [1.54, 1.807) is 12.1 Å². The molecular formula is C14H20N2O4S. The molecule has 1 amide bonds. The highest BCUT2D eigenvalue weighted by Gasteiger charge is 2.29. The Labute approximate surface area is 124 Å². The predicted molar refractivity (Wildman–Crippen MR) is 78.5 cm³/mol. The van der Waals surface area contributed by atoms with Crippen LogP contribution < -0.4 is 5.32 Å². The monoisotopic (exact) mass is 312 g/mol. The molecule has 0 aromatic heterocycles. The number of sulfonamides is 1. The average molecular weight is 312 g/mol. The van der Waals surface area contributed by atoms with Crippen LogP contribution in [0, 0.1) is 0 Å². The standard InChI is InChI=1S/C14H20N2O4S/c17-11-8-15-14(18)12-6-2-3-7-13(12)21(19,20)16-9-4-1-5-10-16/h2-3,6-7,17H,1,4-5,8-11H2,(H,15,18). The Morgan fingerprint density at radius 3 is 2.52 bits per heavy atom. The molecule has 2 rings (SSSR count). The van der Waals surface area contributed by atoms with Crippen molar-refractivity contribution in [3.8, 4) is 0 Å². The summed E-state index contributed by atoms with van der Waals surface area (Å²) in [6.07, 6.45) is 2.72. The van der Waals surface area contributed by atoms with Crippen molar-refractivity contribution >= 4 is 15.9 Å². The lowest BCUT2D eigenvalue weighted by molar-refractivity contribution is 0.0941. The van der Waals surface area contributed by atoms with Gasteiger partial charge in [0.1, 0.15) is 0 Å². The van der Waals surface area contributed by atoms with E-state index in [9.17, 15) is 13.2 Å². The zero-order chi connectivity index (χ0) is 15.3. The average Bonchev–Trinajstić information content (AvgIpc) is 2.53. The summed E-state index contributed by atoms with van der Waals surface area (Å²) in [6, 6.07) is 6.18. The summed E-state index contributed by atoms with van der Waals surface area (Å²) in [6.45, 7) is 0.896. The highest BCUT2D eigenvalue weighted by molar-refractivity contribution is 7.89. The molecule has 0 atom stereocenters. The Balaban J connectivity index is 2.32. The molecule has 1 aromatic carbocycles. The molecule has 0 bridgehead atoms. The van der Waals surface area contributed by atoms with Gasteiger partial charge < -0.3 is 10.4 Å². The molecule has 6 nitrogen and oxygen atoms in total. The van der Waals surface area contributed by atoms with Crippen molar-refractivity contribution in [2.75, 3.05) is 26.2 Å². The lowest BCUT2D eigenvalue weighted by atomic mass is 10.2. The van der Waals surface area contributed by atoms with Crippen LogP contribution in [0.5, 0.6) is 0 Å². The van der Waals surface area contributed by atoms with E-state index in [4.69, 9.17) is 5.11 Å². The minimum absolute atomic E-state index is 0.0299. The molecule has 116 valence electrons. The van der Waals surface area contributed by atoms with Crippen LogP contribution in [0.3, 0.4) is 0 Å². The summed E-state index contributed by atoms with van der Waals surface area (Å²) in [5.41, 5.74) is 0.122. The van der Waals surface area contributed by atoms with E-state index in [2.05, 4.69) is 5.32 Å². The zero-order valence-electron chi connectivity index (χ0n) is 11.8. The number of aliphatic hydroxyl groups is 1. The maximum atomic E-state index is 12.7. The number of carbonyl (C=O) groups is 1. The van der Waals surface area contributed by atoms with Gasteiger partial charge in [0.25, 0.3) is 5.91 Å². The van der Waals surface area contributed by atoms with E-state index in [1.807, 2.05) is 0 Å². The van der Waals surface area contributed by atoms with Crippen LogP contribution >= 0.6 is 0 Å². The molecule has 1 aliphatic heterocycles. The number of hydrogen-bond donors (Lipinski definition) is 2. The number of piperidine rings is 1. The van der Waals surface area contributed by atoms with Gasteiger partial charge in [-0.15, -0.1) is 0 Å². The van der Waals surface area contributed by atoms with Gasteiger partial charge in [0.2, 0.25) is 10.0 Å². The van der Waals surface area contributed by atoms with Crippen molar-refractivity contribution in [1.82, 2.24) is 9.62 Å². The maximum Gasteiger partial charge on any atom is 0.252 e. The molecular weight excluding hydrogens is 292 g/mol. The summed E-state index contributed by atoms with van der Waals surface area (Å²) in [5.74, 6) is -0.486. The van der Waals surface area contributed by atoms with Crippen molar-refractivity contribution in [2.45, 2.75) is 24.2 Å². The number of nitrogens with one attached hydrogen (secondary N) is 1. The molecule has 1 aromatic rings. The third-order valence-corrected chi connectivity index (χ3v) is 5.42. The van der Waals surface area contributed by atoms with Crippen LogP contribution in [0.2, 0.25) is 0 Å². The first-order valence-corrected chi connectivity index (χ1v) is 8.49. The third-order valence-electron chi connectivity index (χ3n) is 3.46. The summed E-state index contributed by atoms with van der Waals surface area (Å²) in [5, 5.41) is 11.2. The molecule has 0 spiro atoms. The third kappa shape index (κ3) is 3.61. The van der Waals surface area contributed by atoms with E-state index in [-0.39, 0.29) is 23.6 Å². The normalized spacial score (nSPS) is 16.6. The summed E-state index contributed by atoms with van der Waals surface area (Å²) in [7, 11) is -3.65. The number of rotatable bonds is 5. The predicted octanol–water partition coefficient (Wildman–Crippen LogP) is 0.583. The first-order valence-electron chi connectivity index (χ1n) is 7.05. The molecule has 1 aliphatic rings. The number of hydrogen-bond acceptors (Lipinski definition) is 4. The topological polar surface area (TPSA) is 86.7 Å². The number of benzene rings is 1. The minimum atomic E-state index is -3.65. The van der Waals surface area contributed by atoms with Crippen molar-refractivity contribution in [2.24, 2.45) is 0 Å². The highest BCUT2D eigenvalue weighted by atomic mass is 32.2. The molecule has 0 saturated carbocycles. The Hall–Kier alpha value is -1.44. The second-order valence-corrected chi connectivity index (χ2v) is 6.85. The van der Waals surface area contributed by atoms with E-state index in [0.29, 0.717) is 13.1 Å². The van der Waals surface area contributed by atoms with Crippen molar-refractivity contribution < 1.29 is 18.3 Å². The lowest BCUT2D eigenvalue weighted by Crippen LogP contribution is -2.37. The molecule has 7 heteroatoms. The first-order chi connectivity index (χ1) is 10.1. The van der Waals surface area contributed by atoms with E-state index < -0.39 is 15.9 Å². The molecule has 0 radical (unpaired) electrons. The van der Waals surface area contributed by atoms with E-state index >= 15 is 0 Å². The molecule has 1 saturated heterocycles. The number of nitrogens with zero attached hydrogens (tertiary/aromatic N) is 1. The molecule has 2 N–H and O–H groups in total. The maximum absolute atomic E-state index is 12.7. The van der Waals surface area contributed by atoms with E-state index in [0.717, 1.165) is 19.3 Å². The van der Waals surface area contributed by atoms with Gasteiger partial charge in [0.15, 0.2) is 0 Å². The summed E-state index contributed by atoms with van der Waals surface area (Å²) in [4.78, 5) is 12.1. The largest absolute Gasteiger partial charge is 0.395 e. The van der Waals surface area contributed by atoms with Crippen LogP contribution in [0.25, 0.3) is 0 Å². The number of carbonyl (C=O) groups excluding carboxylic acids is 1. The fraction of sp³-hybridized carbons (Fsp3) is 0.500. The SMILES string of the molecule is O=C(NCCO)c1ccccc1S(=O)(=O)N1CCCCC1. The fourth-order valence-corrected chi connectivity index (χ4v) is 4.09. The molecule has 21 heavy (non-hydrogen) atoms. The zero-order valence-corrected chi connectivity index (χ0v) is 12.6. The molecule has 1 heterocycles. The fourth-order valence-electron chi connectivity index (χ4n) is 2.39. The molecule has 0 aliphatic carbocycles. The van der Waals surface area contributed by atoms with Gasteiger partial charge in [0, 0.05) is 19.6 Å². The Kier molecular flexibility index (Phi) is 5.33. The first kappa shape index (κ1) is 15.9. The van der Waals surface area contributed by atoms with Gasteiger partial charge in [0.05, 0.1) is 17.1 Å². The van der Waals surface area contributed by atoms with Gasteiger partial charge in [-0.1, -0.05) is 18.6 Å². The molecule has 1 fully saturated rings. The van der Waals surface area contributed by atoms with Crippen molar-refractivity contribution in [3.63, 3.8) is 0 Å². The summed E-state index contributed by atoms with van der Waals surface area (Å²) < 4.78 is 26.8. The second kappa shape index (κ2) is 7.02. The smallest absolute Gasteiger partial charge is 0.252 e. The van der Waals surface area contributed by atoms with E-state index in [1.165, 1.54) is 16.4 Å². The Morgan fingerprint density at radius 2 is 1.86 bits per heavy atom. The van der Waals surface area contributed by atoms with Gasteiger partial charge in [-0.3, -0.25) is 4.79 Å². The van der Waals surface area contributed by atoms with Crippen LogP contribution in [-0.4, -0.2) is 50.0 Å². The van der Waals surface area contributed by atoms with Crippen molar-refractivity contribution in [1.29, 1.82) is 0 Å². The summed E-state index contributed by atoms with van der Waals surface area (Å²) >= 11 is 0.